The summed E-state index contributed by atoms with van der Waals surface area (Å²) in [6.07, 6.45) is 0. The summed E-state index contributed by atoms with van der Waals surface area (Å²) in [5.41, 5.74) is -1.23. The molecule has 0 saturated heterocycles. The Morgan fingerprint density at radius 1 is 0.714 bits per heavy atom. The molecule has 0 radical (unpaired) electrons. The van der Waals surface area contributed by atoms with Crippen molar-refractivity contribution in [3.63, 3.8) is 0 Å². The van der Waals surface area contributed by atoms with Crippen LogP contribution in [0.5, 0.6) is 0 Å². The lowest BCUT2D eigenvalue weighted by Gasteiger charge is -2.32. The van der Waals surface area contributed by atoms with Gasteiger partial charge in [0.15, 0.2) is 17.1 Å². The second-order valence-electron chi connectivity index (χ2n) is 5.92. The summed E-state index contributed by atoms with van der Waals surface area (Å²) >= 11 is 0. The van der Waals surface area contributed by atoms with Crippen molar-refractivity contribution in [3.05, 3.63) is 32.3 Å². The third-order valence-electron chi connectivity index (χ3n) is 3.39. The van der Waals surface area contributed by atoms with E-state index in [0.717, 1.165) is 0 Å². The molecule has 0 aliphatic rings. The molecule has 3 unspecified atom stereocenters. The van der Waals surface area contributed by atoms with Crippen LogP contribution in [-0.4, -0.2) is 15.6 Å². The molecule has 0 heterocycles. The average molecular weight is 303 g/mol. The summed E-state index contributed by atoms with van der Waals surface area (Å²) in [5, 5.41) is 58.6. The predicted molar refractivity (Wildman–Crippen MR) is 71.9 cm³/mol. The molecule has 0 aliphatic carbocycles. The van der Waals surface area contributed by atoms with Gasteiger partial charge in [-0.15, -0.1) is 0 Å². The van der Waals surface area contributed by atoms with Crippen molar-refractivity contribution in [3.8, 4) is 0 Å². The molecule has 9 nitrogen and oxygen atoms in total. The summed E-state index contributed by atoms with van der Waals surface area (Å²) < 4.78 is 0. The summed E-state index contributed by atoms with van der Waals surface area (Å²) in [6.45, 7) is 7.86. The largest absolute Gasteiger partial charge is 0.595 e. The molecular formula is C12H21N3O6. The van der Waals surface area contributed by atoms with Gasteiger partial charge in [-0.1, -0.05) is 20.8 Å². The molecule has 3 atom stereocenters. The van der Waals surface area contributed by atoms with Gasteiger partial charge < -0.3 is 15.6 Å². The molecule has 1 aromatic carbocycles. The summed E-state index contributed by atoms with van der Waals surface area (Å²) in [4.78, 5) is 0. The fourth-order valence-corrected chi connectivity index (χ4v) is 2.64. The van der Waals surface area contributed by atoms with E-state index >= 15 is 0 Å². The molecule has 1 aromatic rings. The van der Waals surface area contributed by atoms with Gasteiger partial charge in [-0.2, -0.15) is 15.7 Å². The average Bonchev–Trinajstić information content (AvgIpc) is 2.24. The first-order valence-corrected chi connectivity index (χ1v) is 6.28. The first-order chi connectivity index (χ1) is 9.41. The quantitative estimate of drug-likeness (QED) is 0.388. The van der Waals surface area contributed by atoms with Gasteiger partial charge in [0.25, 0.3) is 0 Å². The Labute approximate surface area is 121 Å². The zero-order valence-corrected chi connectivity index (χ0v) is 12.6. The maximum absolute atomic E-state index is 11.6. The fourth-order valence-electron chi connectivity index (χ4n) is 2.64. The summed E-state index contributed by atoms with van der Waals surface area (Å²) in [5.74, 6) is 0. The monoisotopic (exact) mass is 303 g/mol. The summed E-state index contributed by atoms with van der Waals surface area (Å²) in [7, 11) is 0. The van der Waals surface area contributed by atoms with Crippen molar-refractivity contribution in [2.75, 3.05) is 0 Å². The number of benzene rings is 1. The van der Waals surface area contributed by atoms with E-state index in [1.165, 1.54) is 13.8 Å². The Morgan fingerprint density at radius 2 is 1.00 bits per heavy atom. The van der Waals surface area contributed by atoms with Crippen LogP contribution < -0.4 is 15.7 Å². The lowest BCUT2D eigenvalue weighted by Crippen LogP contribution is -3.03. The van der Waals surface area contributed by atoms with Crippen molar-refractivity contribution in [1.29, 1.82) is 0 Å². The Bertz CT molecular complexity index is 502. The van der Waals surface area contributed by atoms with Crippen LogP contribution in [0.4, 0.5) is 17.1 Å². The van der Waals surface area contributed by atoms with Crippen LogP contribution in [0.3, 0.4) is 0 Å². The number of hydrogen-bond acceptors (Lipinski definition) is 6. The molecule has 0 amide bonds. The van der Waals surface area contributed by atoms with Gasteiger partial charge in [0.1, 0.15) is 0 Å². The highest BCUT2D eigenvalue weighted by Crippen LogP contribution is 2.39. The zero-order chi connectivity index (χ0) is 16.7. The SMILES string of the molecule is Cc1c([NH+]([O-])O)c(C)c([NH+]([O-])O)c(C(C)(C)C)c1[NH+]([O-])O. The number of hydrogen-bond donors (Lipinski definition) is 6. The highest BCUT2D eigenvalue weighted by atomic mass is 16.8. The third-order valence-corrected chi connectivity index (χ3v) is 3.39. The molecule has 6 N–H and O–H groups in total. The maximum Gasteiger partial charge on any atom is 0.182 e. The fraction of sp³-hybridized carbons (Fsp3) is 0.500. The topological polar surface area (TPSA) is 143 Å². The van der Waals surface area contributed by atoms with Gasteiger partial charge in [0.05, 0.1) is 16.7 Å². The smallest absolute Gasteiger partial charge is 0.182 e. The molecule has 120 valence electrons. The number of rotatable bonds is 3. The second kappa shape index (κ2) is 5.93. The van der Waals surface area contributed by atoms with Crippen LogP contribution in [0.2, 0.25) is 0 Å². The van der Waals surface area contributed by atoms with E-state index in [-0.39, 0.29) is 33.8 Å². The van der Waals surface area contributed by atoms with Crippen molar-refractivity contribution in [2.45, 2.75) is 40.0 Å². The van der Waals surface area contributed by atoms with Gasteiger partial charge in [0, 0.05) is 0 Å². The van der Waals surface area contributed by atoms with Gasteiger partial charge in [-0.05, 0) is 19.3 Å². The molecular weight excluding hydrogens is 282 g/mol. The van der Waals surface area contributed by atoms with Crippen LogP contribution in [0, 0.1) is 29.5 Å². The van der Waals surface area contributed by atoms with Crippen molar-refractivity contribution in [2.24, 2.45) is 0 Å². The lowest BCUT2D eigenvalue weighted by atomic mass is 9.81. The van der Waals surface area contributed by atoms with Crippen molar-refractivity contribution < 1.29 is 31.3 Å². The molecule has 9 heteroatoms. The molecule has 0 bridgehead atoms. The molecule has 0 saturated carbocycles. The lowest BCUT2D eigenvalue weighted by molar-refractivity contribution is -1.00. The molecule has 0 aromatic heterocycles. The highest BCUT2D eigenvalue weighted by molar-refractivity contribution is 5.72. The van der Waals surface area contributed by atoms with Crippen molar-refractivity contribution in [1.82, 2.24) is 0 Å². The summed E-state index contributed by atoms with van der Waals surface area (Å²) in [6, 6.07) is 0. The van der Waals surface area contributed by atoms with Gasteiger partial charge in [-0.25, -0.2) is 15.6 Å². The van der Waals surface area contributed by atoms with E-state index in [4.69, 9.17) is 0 Å². The molecule has 21 heavy (non-hydrogen) atoms. The van der Waals surface area contributed by atoms with Crippen LogP contribution in [0.25, 0.3) is 0 Å². The Balaban J connectivity index is 4.02. The minimum atomic E-state index is -1.34. The molecule has 0 spiro atoms. The normalized spacial score (nSPS) is 16.7. The van der Waals surface area contributed by atoms with Crippen LogP contribution >= 0.6 is 0 Å². The predicted octanol–water partition coefficient (Wildman–Crippen LogP) is -1.19. The van der Waals surface area contributed by atoms with Gasteiger partial charge in [0.2, 0.25) is 0 Å². The van der Waals surface area contributed by atoms with E-state index < -0.39 is 21.1 Å². The minimum Gasteiger partial charge on any atom is -0.595 e. The highest BCUT2D eigenvalue weighted by Gasteiger charge is 2.37. The van der Waals surface area contributed by atoms with Crippen LogP contribution in [-0.2, 0) is 5.41 Å². The molecule has 0 aliphatic heterocycles. The van der Waals surface area contributed by atoms with E-state index in [1.807, 2.05) is 0 Å². The third kappa shape index (κ3) is 3.21. The maximum atomic E-state index is 11.6. The first-order valence-electron chi connectivity index (χ1n) is 6.28. The van der Waals surface area contributed by atoms with E-state index in [0.29, 0.717) is 0 Å². The minimum absolute atomic E-state index is 0.0717. The second-order valence-corrected chi connectivity index (χ2v) is 5.92. The van der Waals surface area contributed by atoms with E-state index in [2.05, 4.69) is 0 Å². The number of nitrogens with one attached hydrogen (secondary N) is 3. The Hall–Kier alpha value is -1.14. The van der Waals surface area contributed by atoms with Crippen molar-refractivity contribution >= 4 is 17.1 Å². The van der Waals surface area contributed by atoms with Gasteiger partial charge >= 0.3 is 0 Å². The first kappa shape index (κ1) is 17.9. The van der Waals surface area contributed by atoms with Crippen LogP contribution in [0.1, 0.15) is 37.5 Å². The van der Waals surface area contributed by atoms with Gasteiger partial charge in [-0.3, -0.25) is 0 Å². The Morgan fingerprint density at radius 3 is 1.19 bits per heavy atom. The Kier molecular flexibility index (Phi) is 5.05. The molecule has 0 fully saturated rings. The zero-order valence-electron chi connectivity index (χ0n) is 12.6. The standard InChI is InChI=1S/C12H21N3O6/c1-6-9(13(16)17)7(2)11(15(20)21)8(12(3,4)5)10(6)14(18)19/h13-16,18,20H,1-5H3. The van der Waals surface area contributed by atoms with Crippen LogP contribution in [0.15, 0.2) is 0 Å². The van der Waals surface area contributed by atoms with E-state index in [1.54, 1.807) is 20.8 Å². The van der Waals surface area contributed by atoms with E-state index in [9.17, 15) is 31.2 Å². The molecule has 1 rings (SSSR count). The number of quaternary nitrogens is 3.